The standard InChI is InChI=1S/C10H10O4/c11-7-1-2-9(12)10(5-7)14-8-3-4-13-6-8/h1-2,5,8H,3-4,6H2/t8-/m0/s1. The minimum atomic E-state index is -0.253. The van der Waals surface area contributed by atoms with E-state index in [1.165, 1.54) is 18.2 Å². The molecule has 0 aromatic heterocycles. The Morgan fingerprint density at radius 3 is 2.93 bits per heavy atom. The highest BCUT2D eigenvalue weighted by Gasteiger charge is 2.22. The molecule has 1 aliphatic heterocycles. The van der Waals surface area contributed by atoms with Gasteiger partial charge in [-0.15, -0.1) is 0 Å². The van der Waals surface area contributed by atoms with E-state index in [1.807, 2.05) is 0 Å². The van der Waals surface area contributed by atoms with Crippen LogP contribution in [0, 0.1) is 0 Å². The van der Waals surface area contributed by atoms with Crippen LogP contribution >= 0.6 is 0 Å². The zero-order chi connectivity index (χ0) is 9.97. The highest BCUT2D eigenvalue weighted by Crippen LogP contribution is 2.15. The molecule has 1 aliphatic carbocycles. The first-order valence-corrected chi connectivity index (χ1v) is 4.48. The average molecular weight is 194 g/mol. The van der Waals surface area contributed by atoms with E-state index >= 15 is 0 Å². The van der Waals surface area contributed by atoms with Gasteiger partial charge in [-0.2, -0.15) is 0 Å². The van der Waals surface area contributed by atoms with Crippen molar-refractivity contribution >= 4 is 11.6 Å². The lowest BCUT2D eigenvalue weighted by Crippen LogP contribution is -2.18. The summed E-state index contributed by atoms with van der Waals surface area (Å²) in [7, 11) is 0. The van der Waals surface area contributed by atoms with Gasteiger partial charge in [0.1, 0.15) is 6.10 Å². The molecule has 0 unspecified atom stereocenters. The predicted octanol–water partition coefficient (Wildman–Crippen LogP) is 0.384. The summed E-state index contributed by atoms with van der Waals surface area (Å²) in [5.41, 5.74) is 0. The molecule has 0 spiro atoms. The molecule has 1 fully saturated rings. The summed E-state index contributed by atoms with van der Waals surface area (Å²) in [6.45, 7) is 1.14. The van der Waals surface area contributed by atoms with Gasteiger partial charge >= 0.3 is 0 Å². The van der Waals surface area contributed by atoms with E-state index in [0.717, 1.165) is 6.42 Å². The van der Waals surface area contributed by atoms with Crippen LogP contribution in [0.3, 0.4) is 0 Å². The number of ether oxygens (including phenoxy) is 2. The summed E-state index contributed by atoms with van der Waals surface area (Å²) >= 11 is 0. The number of carbonyl (C=O) groups is 2. The third kappa shape index (κ3) is 1.90. The van der Waals surface area contributed by atoms with Gasteiger partial charge < -0.3 is 9.47 Å². The second-order valence-corrected chi connectivity index (χ2v) is 3.21. The topological polar surface area (TPSA) is 52.6 Å². The van der Waals surface area contributed by atoms with Gasteiger partial charge in [-0.25, -0.2) is 0 Å². The second-order valence-electron chi connectivity index (χ2n) is 3.21. The van der Waals surface area contributed by atoms with Gasteiger partial charge in [0.25, 0.3) is 0 Å². The summed E-state index contributed by atoms with van der Waals surface area (Å²) in [4.78, 5) is 22.2. The molecular weight excluding hydrogens is 184 g/mol. The number of rotatable bonds is 2. The number of hydrogen-bond donors (Lipinski definition) is 0. The molecule has 1 heterocycles. The first-order valence-electron chi connectivity index (χ1n) is 4.48. The lowest BCUT2D eigenvalue weighted by molar-refractivity contribution is -0.118. The largest absolute Gasteiger partial charge is 0.484 e. The van der Waals surface area contributed by atoms with Gasteiger partial charge in [-0.1, -0.05) is 0 Å². The molecule has 0 aromatic rings. The van der Waals surface area contributed by atoms with Crippen LogP contribution in [0.2, 0.25) is 0 Å². The maximum absolute atomic E-state index is 11.3. The van der Waals surface area contributed by atoms with Gasteiger partial charge in [0.15, 0.2) is 11.5 Å². The maximum Gasteiger partial charge on any atom is 0.220 e. The van der Waals surface area contributed by atoms with Crippen molar-refractivity contribution in [1.29, 1.82) is 0 Å². The van der Waals surface area contributed by atoms with Crippen LogP contribution in [0.1, 0.15) is 6.42 Å². The first kappa shape index (κ1) is 9.15. The fourth-order valence-corrected chi connectivity index (χ4v) is 1.37. The monoisotopic (exact) mass is 194 g/mol. The first-order chi connectivity index (χ1) is 6.75. The molecule has 0 saturated carbocycles. The molecule has 1 atom stereocenters. The molecule has 4 nitrogen and oxygen atoms in total. The fourth-order valence-electron chi connectivity index (χ4n) is 1.37. The van der Waals surface area contributed by atoms with E-state index in [-0.39, 0.29) is 23.4 Å². The lowest BCUT2D eigenvalue weighted by Gasteiger charge is -2.14. The summed E-state index contributed by atoms with van der Waals surface area (Å²) in [5, 5.41) is 0. The highest BCUT2D eigenvalue weighted by molar-refractivity contribution is 6.16. The number of ketones is 2. The molecule has 0 N–H and O–H groups in total. The van der Waals surface area contributed by atoms with Crippen molar-refractivity contribution in [1.82, 2.24) is 0 Å². The van der Waals surface area contributed by atoms with Crippen molar-refractivity contribution in [2.45, 2.75) is 12.5 Å². The van der Waals surface area contributed by atoms with Gasteiger partial charge in [-0.05, 0) is 12.2 Å². The van der Waals surface area contributed by atoms with E-state index in [4.69, 9.17) is 9.47 Å². The smallest absolute Gasteiger partial charge is 0.220 e. The third-order valence-corrected chi connectivity index (χ3v) is 2.10. The molecule has 0 amide bonds. The number of hydrogen-bond acceptors (Lipinski definition) is 4. The molecule has 4 heteroatoms. The molecule has 2 rings (SSSR count). The van der Waals surface area contributed by atoms with E-state index in [1.54, 1.807) is 0 Å². The molecule has 0 aromatic carbocycles. The quantitative estimate of drug-likeness (QED) is 0.596. The van der Waals surface area contributed by atoms with Gasteiger partial charge in [-0.3, -0.25) is 9.59 Å². The summed E-state index contributed by atoms with van der Waals surface area (Å²) in [6.07, 6.45) is 4.36. The fraction of sp³-hybridized carbons (Fsp3) is 0.400. The molecule has 14 heavy (non-hydrogen) atoms. The van der Waals surface area contributed by atoms with Crippen molar-refractivity contribution in [3.63, 3.8) is 0 Å². The van der Waals surface area contributed by atoms with Crippen LogP contribution < -0.4 is 0 Å². The molecule has 0 bridgehead atoms. The van der Waals surface area contributed by atoms with Crippen molar-refractivity contribution in [3.05, 3.63) is 24.0 Å². The van der Waals surface area contributed by atoms with E-state index in [0.29, 0.717) is 13.2 Å². The van der Waals surface area contributed by atoms with Crippen LogP contribution in [0.25, 0.3) is 0 Å². The maximum atomic E-state index is 11.3. The Kier molecular flexibility index (Phi) is 2.45. The van der Waals surface area contributed by atoms with Crippen LogP contribution in [-0.4, -0.2) is 30.9 Å². The van der Waals surface area contributed by atoms with Gasteiger partial charge in [0.2, 0.25) is 5.78 Å². The molecule has 1 saturated heterocycles. The molecule has 0 radical (unpaired) electrons. The van der Waals surface area contributed by atoms with Crippen LogP contribution in [0.4, 0.5) is 0 Å². The van der Waals surface area contributed by atoms with Gasteiger partial charge in [0, 0.05) is 12.5 Å². The Labute approximate surface area is 81.2 Å². The lowest BCUT2D eigenvalue weighted by atomic mass is 10.1. The third-order valence-electron chi connectivity index (χ3n) is 2.10. The Bertz CT molecular complexity index is 321. The van der Waals surface area contributed by atoms with Crippen LogP contribution in [-0.2, 0) is 19.1 Å². The Morgan fingerprint density at radius 2 is 2.21 bits per heavy atom. The summed E-state index contributed by atoms with van der Waals surface area (Å²) in [5.74, 6) is -0.331. The highest BCUT2D eigenvalue weighted by atomic mass is 16.5. The predicted molar refractivity (Wildman–Crippen MR) is 47.5 cm³/mol. The van der Waals surface area contributed by atoms with Crippen LogP contribution in [0.15, 0.2) is 24.0 Å². The van der Waals surface area contributed by atoms with Crippen molar-refractivity contribution < 1.29 is 19.1 Å². The molecule has 74 valence electrons. The zero-order valence-corrected chi connectivity index (χ0v) is 7.56. The van der Waals surface area contributed by atoms with Crippen molar-refractivity contribution in [3.8, 4) is 0 Å². The zero-order valence-electron chi connectivity index (χ0n) is 7.56. The Morgan fingerprint density at radius 1 is 1.36 bits per heavy atom. The minimum absolute atomic E-state index is 0.0931. The normalized spacial score (nSPS) is 26.6. The van der Waals surface area contributed by atoms with E-state index < -0.39 is 0 Å². The average Bonchev–Trinajstić information content (AvgIpc) is 2.64. The van der Waals surface area contributed by atoms with Gasteiger partial charge in [0.05, 0.1) is 13.2 Å². The Hall–Kier alpha value is -1.42. The van der Waals surface area contributed by atoms with Crippen LogP contribution in [0.5, 0.6) is 0 Å². The van der Waals surface area contributed by atoms with Crippen molar-refractivity contribution in [2.24, 2.45) is 0 Å². The van der Waals surface area contributed by atoms with E-state index in [9.17, 15) is 9.59 Å². The minimum Gasteiger partial charge on any atom is -0.484 e. The molecule has 2 aliphatic rings. The van der Waals surface area contributed by atoms with Crippen molar-refractivity contribution in [2.75, 3.05) is 13.2 Å². The number of allylic oxidation sites excluding steroid dienone is 3. The number of carbonyl (C=O) groups excluding carboxylic acids is 2. The van der Waals surface area contributed by atoms with E-state index in [2.05, 4.69) is 0 Å². The SMILES string of the molecule is O=C1C=CC(=O)C(O[C@H]2CCOC2)=C1. The second kappa shape index (κ2) is 3.75. The Balaban J connectivity index is 2.02. The summed E-state index contributed by atoms with van der Waals surface area (Å²) < 4.78 is 10.4. The molecular formula is C10H10O4. The summed E-state index contributed by atoms with van der Waals surface area (Å²) in [6, 6.07) is 0.